The fourth-order valence-corrected chi connectivity index (χ4v) is 7.44. The van der Waals surface area contributed by atoms with Crippen LogP contribution in [0.5, 0.6) is 0 Å². The van der Waals surface area contributed by atoms with Crippen LogP contribution in [-0.4, -0.2) is 25.0 Å². The van der Waals surface area contributed by atoms with Gasteiger partial charge in [0.1, 0.15) is 0 Å². The highest BCUT2D eigenvalue weighted by Gasteiger charge is 2.58. The number of hydrogen-bond donors (Lipinski definition) is 0. The van der Waals surface area contributed by atoms with Gasteiger partial charge in [0, 0.05) is 6.54 Å². The van der Waals surface area contributed by atoms with E-state index in [1.165, 1.54) is 0 Å². The van der Waals surface area contributed by atoms with Crippen molar-refractivity contribution in [1.82, 2.24) is 4.31 Å². The Morgan fingerprint density at radius 2 is 1.46 bits per heavy atom. The maximum atomic E-state index is 14.1. The van der Waals surface area contributed by atoms with Crippen molar-refractivity contribution >= 4 is 27.5 Å². The molecule has 2 aliphatic rings. The minimum Gasteiger partial charge on any atom is -0.252 e. The van der Waals surface area contributed by atoms with E-state index < -0.39 is 21.5 Å². The van der Waals surface area contributed by atoms with Crippen LogP contribution in [0.1, 0.15) is 34.7 Å². The van der Waals surface area contributed by atoms with Gasteiger partial charge in [-0.1, -0.05) is 103 Å². The molecule has 0 radical (unpaired) electrons. The predicted molar refractivity (Wildman–Crippen MR) is 150 cm³/mol. The van der Waals surface area contributed by atoms with Gasteiger partial charge in [-0.3, -0.25) is 4.99 Å². The van der Waals surface area contributed by atoms with Crippen LogP contribution >= 0.6 is 0 Å². The molecule has 0 saturated carbocycles. The van der Waals surface area contributed by atoms with Crippen molar-refractivity contribution < 1.29 is 8.42 Å². The first-order chi connectivity index (χ1) is 18.0. The first kappa shape index (κ1) is 23.6. The standard InChI is InChI=1S/C32H28N2O2S/c1-24-16-19-27(20-17-24)37(35,36)34-23-22-32(31(34)26-12-6-3-7-13-26)28-14-8-9-15-29(28)33-30(32)21-18-25-10-4-2-5-11-25/h2-21,31H,22-23H2,1H3. The smallest absolute Gasteiger partial charge is 0.243 e. The average Bonchev–Trinajstić information content (AvgIpc) is 3.49. The molecule has 4 aromatic rings. The summed E-state index contributed by atoms with van der Waals surface area (Å²) < 4.78 is 30.0. The number of hydrogen-bond acceptors (Lipinski definition) is 3. The lowest BCUT2D eigenvalue weighted by atomic mass is 9.69. The number of aryl methyl sites for hydroxylation is 1. The highest BCUT2D eigenvalue weighted by molar-refractivity contribution is 7.89. The van der Waals surface area contributed by atoms with Crippen molar-refractivity contribution in [2.24, 2.45) is 4.99 Å². The Morgan fingerprint density at radius 3 is 2.19 bits per heavy atom. The van der Waals surface area contributed by atoms with Gasteiger partial charge in [-0.05, 0) is 54.3 Å². The van der Waals surface area contributed by atoms with Crippen LogP contribution in [0.4, 0.5) is 5.69 Å². The molecule has 37 heavy (non-hydrogen) atoms. The summed E-state index contributed by atoms with van der Waals surface area (Å²) in [5.41, 5.74) is 5.36. The van der Waals surface area contributed by atoms with E-state index in [-0.39, 0.29) is 0 Å². The summed E-state index contributed by atoms with van der Waals surface area (Å²) in [6.45, 7) is 2.37. The van der Waals surface area contributed by atoms with E-state index in [0.29, 0.717) is 17.9 Å². The molecule has 1 fully saturated rings. The molecule has 0 bridgehead atoms. The van der Waals surface area contributed by atoms with Crippen LogP contribution in [0.15, 0.2) is 125 Å². The summed E-state index contributed by atoms with van der Waals surface area (Å²) in [6.07, 6.45) is 4.80. The number of benzene rings is 4. The Labute approximate surface area is 218 Å². The molecule has 4 aromatic carbocycles. The van der Waals surface area contributed by atoms with E-state index in [2.05, 4.69) is 30.4 Å². The molecule has 1 spiro atoms. The number of para-hydroxylation sites is 1. The monoisotopic (exact) mass is 504 g/mol. The van der Waals surface area contributed by atoms with E-state index in [1.54, 1.807) is 16.4 Å². The zero-order valence-corrected chi connectivity index (χ0v) is 21.5. The van der Waals surface area contributed by atoms with Gasteiger partial charge in [-0.25, -0.2) is 8.42 Å². The van der Waals surface area contributed by atoms with Crippen molar-refractivity contribution in [1.29, 1.82) is 0 Å². The van der Waals surface area contributed by atoms with E-state index in [9.17, 15) is 8.42 Å². The van der Waals surface area contributed by atoms with Gasteiger partial charge < -0.3 is 0 Å². The average molecular weight is 505 g/mol. The molecule has 0 amide bonds. The van der Waals surface area contributed by atoms with Gasteiger partial charge in [0.2, 0.25) is 10.0 Å². The zero-order valence-electron chi connectivity index (χ0n) is 20.7. The predicted octanol–water partition coefficient (Wildman–Crippen LogP) is 6.87. The zero-order chi connectivity index (χ0) is 25.5. The Kier molecular flexibility index (Phi) is 5.90. The molecular formula is C32H28N2O2S. The van der Waals surface area contributed by atoms with Crippen molar-refractivity contribution in [3.8, 4) is 0 Å². The molecule has 0 aliphatic carbocycles. The first-order valence-electron chi connectivity index (χ1n) is 12.6. The summed E-state index contributed by atoms with van der Waals surface area (Å²) in [4.78, 5) is 5.41. The molecule has 4 nitrogen and oxygen atoms in total. The number of rotatable bonds is 5. The second-order valence-electron chi connectivity index (χ2n) is 9.72. The van der Waals surface area contributed by atoms with Crippen LogP contribution in [0, 0.1) is 6.92 Å². The lowest BCUT2D eigenvalue weighted by Gasteiger charge is -2.36. The van der Waals surface area contributed by atoms with Gasteiger partial charge in [0.05, 0.1) is 27.8 Å². The lowest BCUT2D eigenvalue weighted by molar-refractivity contribution is 0.358. The molecule has 184 valence electrons. The van der Waals surface area contributed by atoms with Crippen LogP contribution in [0.2, 0.25) is 0 Å². The SMILES string of the molecule is Cc1ccc(S(=O)(=O)N2CCC3(C(C=Cc4ccccc4)=Nc4ccccc43)C2c2ccccc2)cc1. The fourth-order valence-electron chi connectivity index (χ4n) is 5.78. The summed E-state index contributed by atoms with van der Waals surface area (Å²) in [6, 6.07) is 35.0. The number of fused-ring (bicyclic) bond motifs is 2. The third kappa shape index (κ3) is 3.95. The molecule has 0 aromatic heterocycles. The van der Waals surface area contributed by atoms with E-state index in [0.717, 1.165) is 33.7 Å². The lowest BCUT2D eigenvalue weighted by Crippen LogP contribution is -2.41. The van der Waals surface area contributed by atoms with Gasteiger partial charge in [-0.15, -0.1) is 0 Å². The largest absolute Gasteiger partial charge is 0.252 e. The van der Waals surface area contributed by atoms with Crippen LogP contribution in [-0.2, 0) is 15.4 Å². The third-order valence-electron chi connectivity index (χ3n) is 7.54. The Balaban J connectivity index is 1.54. The highest BCUT2D eigenvalue weighted by Crippen LogP contribution is 2.57. The van der Waals surface area contributed by atoms with Gasteiger partial charge in [0.15, 0.2) is 0 Å². The van der Waals surface area contributed by atoms with Crippen LogP contribution in [0.25, 0.3) is 6.08 Å². The molecule has 0 N–H and O–H groups in total. The minimum atomic E-state index is -3.76. The molecular weight excluding hydrogens is 476 g/mol. The normalized spacial score (nSPS) is 21.4. The Hall–Kier alpha value is -3.80. The number of nitrogens with zero attached hydrogens (tertiary/aromatic N) is 2. The van der Waals surface area contributed by atoms with Crippen LogP contribution < -0.4 is 0 Å². The topological polar surface area (TPSA) is 49.7 Å². The van der Waals surface area contributed by atoms with E-state index >= 15 is 0 Å². The van der Waals surface area contributed by atoms with Crippen molar-refractivity contribution in [2.75, 3.05) is 6.54 Å². The minimum absolute atomic E-state index is 0.320. The second-order valence-corrected chi connectivity index (χ2v) is 11.6. The number of aliphatic imine (C=N–C) groups is 1. The Bertz CT molecular complexity index is 1590. The van der Waals surface area contributed by atoms with Gasteiger partial charge in [-0.2, -0.15) is 4.31 Å². The molecule has 6 rings (SSSR count). The molecule has 2 atom stereocenters. The summed E-state index contributed by atoms with van der Waals surface area (Å²) in [5, 5.41) is 0. The number of allylic oxidation sites excluding steroid dienone is 1. The van der Waals surface area contributed by atoms with E-state index in [4.69, 9.17) is 4.99 Å². The molecule has 2 unspecified atom stereocenters. The molecule has 2 heterocycles. The second kappa shape index (κ2) is 9.25. The van der Waals surface area contributed by atoms with Crippen molar-refractivity contribution in [3.63, 3.8) is 0 Å². The fraction of sp³-hybridized carbons (Fsp3) is 0.156. The summed E-state index contributed by atoms with van der Waals surface area (Å²) in [7, 11) is -3.76. The molecule has 2 aliphatic heterocycles. The van der Waals surface area contributed by atoms with Crippen molar-refractivity contribution in [3.05, 3.63) is 138 Å². The molecule has 1 saturated heterocycles. The number of sulfonamides is 1. The van der Waals surface area contributed by atoms with E-state index in [1.807, 2.05) is 85.8 Å². The van der Waals surface area contributed by atoms with Gasteiger partial charge >= 0.3 is 0 Å². The molecule has 5 heteroatoms. The maximum absolute atomic E-state index is 14.1. The summed E-state index contributed by atoms with van der Waals surface area (Å²) >= 11 is 0. The quantitative estimate of drug-likeness (QED) is 0.298. The highest BCUT2D eigenvalue weighted by atomic mass is 32.2. The Morgan fingerprint density at radius 1 is 0.811 bits per heavy atom. The van der Waals surface area contributed by atoms with Gasteiger partial charge in [0.25, 0.3) is 0 Å². The first-order valence-corrected chi connectivity index (χ1v) is 14.0. The third-order valence-corrected chi connectivity index (χ3v) is 9.42. The van der Waals surface area contributed by atoms with Crippen LogP contribution in [0.3, 0.4) is 0 Å². The maximum Gasteiger partial charge on any atom is 0.243 e. The summed E-state index contributed by atoms with van der Waals surface area (Å²) in [5.74, 6) is 0. The van der Waals surface area contributed by atoms with Crippen molar-refractivity contribution in [2.45, 2.75) is 29.7 Å².